The van der Waals surface area contributed by atoms with Crippen LogP contribution in [0.3, 0.4) is 0 Å². The van der Waals surface area contributed by atoms with E-state index >= 15 is 0 Å². The lowest BCUT2D eigenvalue weighted by Gasteiger charge is -2.20. The minimum absolute atomic E-state index is 0.185. The third kappa shape index (κ3) is 33.2. The van der Waals surface area contributed by atoms with Gasteiger partial charge in [-0.05, 0) is 38.5 Å². The van der Waals surface area contributed by atoms with Gasteiger partial charge in [0.05, 0.1) is 19.8 Å². The standard InChI is InChI=1S/C37H71O10P/c1-3-5-7-9-10-11-12-13-14-15-16-17-18-19-20-21-22-23-24-25-27-29-37(41)47-35(32-44-36(40)28-26-8-6-4-2)33-46-48(42,43)45-31-34(39)30-38/h15-16,34-35,38-39H,3-14,17-33H2,1-2H3,(H,42,43)/b16-15-. The number of ether oxygens (including phenoxy) is 2. The molecule has 0 bridgehead atoms. The maximum atomic E-state index is 12.5. The van der Waals surface area contributed by atoms with Gasteiger partial charge in [-0.1, -0.05) is 135 Å². The molecule has 3 unspecified atom stereocenters. The zero-order chi connectivity index (χ0) is 35.6. The second-order valence-electron chi connectivity index (χ2n) is 13.0. The van der Waals surface area contributed by atoms with Gasteiger partial charge in [0, 0.05) is 12.8 Å². The number of allylic oxidation sites excluding steroid dienone is 2. The van der Waals surface area contributed by atoms with Crippen LogP contribution in [0.15, 0.2) is 12.2 Å². The van der Waals surface area contributed by atoms with Crippen molar-refractivity contribution in [3.63, 3.8) is 0 Å². The number of carbonyl (C=O) groups is 2. The molecule has 0 aliphatic rings. The van der Waals surface area contributed by atoms with Crippen LogP contribution in [0, 0.1) is 0 Å². The minimum atomic E-state index is -4.59. The Kier molecular flexibility index (Phi) is 33.3. The van der Waals surface area contributed by atoms with Gasteiger partial charge in [-0.2, -0.15) is 0 Å². The molecule has 11 heteroatoms. The number of hydrogen-bond acceptors (Lipinski definition) is 9. The summed E-state index contributed by atoms with van der Waals surface area (Å²) in [6.07, 6.45) is 29.7. The fourth-order valence-corrected chi connectivity index (χ4v) is 5.95. The number of unbranched alkanes of at least 4 members (excludes halogenated alkanes) is 20. The smallest absolute Gasteiger partial charge is 0.462 e. The van der Waals surface area contributed by atoms with Crippen LogP contribution in [0.4, 0.5) is 0 Å². The van der Waals surface area contributed by atoms with E-state index in [2.05, 4.69) is 30.5 Å². The zero-order valence-corrected chi connectivity index (χ0v) is 31.4. The molecular weight excluding hydrogens is 635 g/mol. The Morgan fingerprint density at radius 2 is 1.02 bits per heavy atom. The molecule has 0 aromatic carbocycles. The van der Waals surface area contributed by atoms with Gasteiger partial charge in [0.2, 0.25) is 0 Å². The van der Waals surface area contributed by atoms with Crippen molar-refractivity contribution < 1.29 is 47.8 Å². The Bertz CT molecular complexity index is 822. The molecule has 0 saturated carbocycles. The molecule has 0 aromatic rings. The predicted molar refractivity (Wildman–Crippen MR) is 192 cm³/mol. The lowest BCUT2D eigenvalue weighted by molar-refractivity contribution is -0.161. The van der Waals surface area contributed by atoms with Gasteiger partial charge in [-0.25, -0.2) is 4.57 Å². The Hall–Kier alpha value is -1.29. The molecule has 3 N–H and O–H groups in total. The SMILES string of the molecule is CCCCCCCCCC/C=C\CCCCCCCCCCCC(=O)OC(COC(=O)CCCCCC)COP(=O)(O)OCC(O)CO. The Morgan fingerprint density at radius 1 is 0.604 bits per heavy atom. The van der Waals surface area contributed by atoms with Crippen molar-refractivity contribution in [3.8, 4) is 0 Å². The lowest BCUT2D eigenvalue weighted by atomic mass is 10.1. The van der Waals surface area contributed by atoms with E-state index in [0.717, 1.165) is 38.5 Å². The summed E-state index contributed by atoms with van der Waals surface area (Å²) >= 11 is 0. The van der Waals surface area contributed by atoms with E-state index < -0.39 is 51.8 Å². The van der Waals surface area contributed by atoms with Crippen molar-refractivity contribution in [2.75, 3.05) is 26.4 Å². The van der Waals surface area contributed by atoms with Crippen molar-refractivity contribution in [2.24, 2.45) is 0 Å². The Labute approximate surface area is 292 Å². The summed E-state index contributed by atoms with van der Waals surface area (Å²) in [4.78, 5) is 34.4. The molecule has 0 fully saturated rings. The first-order chi connectivity index (χ1) is 23.2. The molecule has 0 saturated heterocycles. The first kappa shape index (κ1) is 46.7. The molecule has 48 heavy (non-hydrogen) atoms. The monoisotopic (exact) mass is 706 g/mol. The quantitative estimate of drug-likeness (QED) is 0.0249. The van der Waals surface area contributed by atoms with Gasteiger partial charge in [0.1, 0.15) is 12.7 Å². The van der Waals surface area contributed by atoms with Crippen LogP contribution in [0.2, 0.25) is 0 Å². The van der Waals surface area contributed by atoms with E-state index in [1.54, 1.807) is 0 Å². The Balaban J connectivity index is 4.07. The van der Waals surface area contributed by atoms with Crippen LogP contribution in [-0.2, 0) is 32.7 Å². The second-order valence-corrected chi connectivity index (χ2v) is 14.4. The van der Waals surface area contributed by atoms with E-state index in [1.165, 1.54) is 96.3 Å². The molecular formula is C37H71O10P. The minimum Gasteiger partial charge on any atom is -0.462 e. The zero-order valence-electron chi connectivity index (χ0n) is 30.5. The molecule has 0 aliphatic heterocycles. The molecule has 0 heterocycles. The maximum Gasteiger partial charge on any atom is 0.472 e. The summed E-state index contributed by atoms with van der Waals surface area (Å²) in [5.41, 5.74) is 0. The number of rotatable bonds is 36. The van der Waals surface area contributed by atoms with Gasteiger partial charge >= 0.3 is 19.8 Å². The fourth-order valence-electron chi connectivity index (χ4n) is 5.16. The van der Waals surface area contributed by atoms with Crippen LogP contribution < -0.4 is 0 Å². The number of carbonyl (C=O) groups excluding carboxylic acids is 2. The first-order valence-electron chi connectivity index (χ1n) is 19.1. The summed E-state index contributed by atoms with van der Waals surface area (Å²) in [7, 11) is -4.59. The maximum absolute atomic E-state index is 12.5. The summed E-state index contributed by atoms with van der Waals surface area (Å²) in [5.74, 6) is -0.943. The third-order valence-corrected chi connectivity index (χ3v) is 9.12. The largest absolute Gasteiger partial charge is 0.472 e. The van der Waals surface area contributed by atoms with E-state index in [9.17, 15) is 24.2 Å². The van der Waals surface area contributed by atoms with Crippen LogP contribution in [0.5, 0.6) is 0 Å². The molecule has 0 aliphatic carbocycles. The normalized spacial score (nSPS) is 14.2. The number of aliphatic hydroxyl groups is 2. The van der Waals surface area contributed by atoms with Crippen LogP contribution in [-0.4, -0.2) is 65.7 Å². The lowest BCUT2D eigenvalue weighted by Crippen LogP contribution is -2.29. The summed E-state index contributed by atoms with van der Waals surface area (Å²) in [5, 5.41) is 18.2. The van der Waals surface area contributed by atoms with Gasteiger partial charge < -0.3 is 24.6 Å². The van der Waals surface area contributed by atoms with E-state index in [4.69, 9.17) is 19.1 Å². The van der Waals surface area contributed by atoms with Crippen molar-refractivity contribution in [2.45, 2.75) is 187 Å². The van der Waals surface area contributed by atoms with E-state index in [-0.39, 0.29) is 19.4 Å². The van der Waals surface area contributed by atoms with Gasteiger partial charge in [-0.15, -0.1) is 0 Å². The molecule has 0 amide bonds. The summed E-state index contributed by atoms with van der Waals surface area (Å²) < 4.78 is 32.3. The van der Waals surface area contributed by atoms with Crippen molar-refractivity contribution in [1.82, 2.24) is 0 Å². The average Bonchev–Trinajstić information content (AvgIpc) is 3.07. The van der Waals surface area contributed by atoms with Crippen molar-refractivity contribution in [1.29, 1.82) is 0 Å². The van der Waals surface area contributed by atoms with Crippen LogP contribution in [0.25, 0.3) is 0 Å². The molecule has 0 aromatic heterocycles. The first-order valence-corrected chi connectivity index (χ1v) is 20.6. The van der Waals surface area contributed by atoms with E-state index in [1.807, 2.05) is 0 Å². The van der Waals surface area contributed by atoms with Crippen molar-refractivity contribution >= 4 is 19.8 Å². The molecule has 0 rings (SSSR count). The van der Waals surface area contributed by atoms with Gasteiger partial charge in [0.25, 0.3) is 0 Å². The van der Waals surface area contributed by atoms with Gasteiger partial charge in [0.15, 0.2) is 6.10 Å². The topological polar surface area (TPSA) is 149 Å². The number of hydrogen-bond donors (Lipinski definition) is 3. The summed E-state index contributed by atoms with van der Waals surface area (Å²) in [6.45, 7) is 2.23. The number of phosphoric ester groups is 1. The molecule has 10 nitrogen and oxygen atoms in total. The fraction of sp³-hybridized carbons (Fsp3) is 0.892. The third-order valence-electron chi connectivity index (χ3n) is 8.17. The van der Waals surface area contributed by atoms with Gasteiger partial charge in [-0.3, -0.25) is 18.6 Å². The summed E-state index contributed by atoms with van der Waals surface area (Å²) in [6, 6.07) is 0. The number of phosphoric acid groups is 1. The predicted octanol–water partition coefficient (Wildman–Crippen LogP) is 9.28. The van der Waals surface area contributed by atoms with Crippen molar-refractivity contribution in [3.05, 3.63) is 12.2 Å². The van der Waals surface area contributed by atoms with Crippen LogP contribution >= 0.6 is 7.82 Å². The average molecular weight is 707 g/mol. The number of aliphatic hydroxyl groups excluding tert-OH is 2. The molecule has 0 spiro atoms. The highest BCUT2D eigenvalue weighted by Crippen LogP contribution is 2.43. The highest BCUT2D eigenvalue weighted by Gasteiger charge is 2.27. The molecule has 284 valence electrons. The molecule has 3 atom stereocenters. The van der Waals surface area contributed by atoms with E-state index in [0.29, 0.717) is 12.8 Å². The number of esters is 2. The highest BCUT2D eigenvalue weighted by molar-refractivity contribution is 7.47. The molecule has 0 radical (unpaired) electrons. The Morgan fingerprint density at radius 3 is 1.52 bits per heavy atom. The second kappa shape index (κ2) is 34.2. The highest BCUT2D eigenvalue weighted by atomic mass is 31.2. The van der Waals surface area contributed by atoms with Crippen LogP contribution in [0.1, 0.15) is 174 Å².